The number of hydrogen-bond acceptors (Lipinski definition) is 9. The molecule has 1 aromatic rings. The Bertz CT molecular complexity index is 913. The van der Waals surface area contributed by atoms with Crippen LogP contribution in [0.3, 0.4) is 0 Å². The second-order valence-electron chi connectivity index (χ2n) is 6.24. The van der Waals surface area contributed by atoms with Gasteiger partial charge in [0.15, 0.2) is 22.2 Å². The van der Waals surface area contributed by atoms with E-state index in [1.54, 1.807) is 4.90 Å². The molecule has 27 heavy (non-hydrogen) atoms. The highest BCUT2D eigenvalue weighted by molar-refractivity contribution is 7.91. The number of H-pyrrole nitrogens is 1. The van der Waals surface area contributed by atoms with Crippen LogP contribution < -0.4 is 11.2 Å². The number of sulfone groups is 1. The van der Waals surface area contributed by atoms with Crippen molar-refractivity contribution >= 4 is 27.2 Å². The monoisotopic (exact) mass is 421 g/mol. The summed E-state index contributed by atoms with van der Waals surface area (Å²) in [6.07, 6.45) is -3.43. The normalized spacial score (nSPS) is 30.2. The average Bonchev–Trinajstić information content (AvgIpc) is 2.91. The van der Waals surface area contributed by atoms with Gasteiger partial charge in [-0.25, -0.2) is 13.2 Å². The third-order valence-electron chi connectivity index (χ3n) is 4.46. The molecule has 0 bridgehead atoms. The van der Waals surface area contributed by atoms with Crippen molar-refractivity contribution < 1.29 is 28.1 Å². The molecule has 3 heterocycles. The van der Waals surface area contributed by atoms with Crippen molar-refractivity contribution in [3.63, 3.8) is 0 Å². The summed E-state index contributed by atoms with van der Waals surface area (Å²) in [5.74, 6) is -0.134. The summed E-state index contributed by atoms with van der Waals surface area (Å²) >= 11 is 5.20. The first-order chi connectivity index (χ1) is 12.7. The van der Waals surface area contributed by atoms with Crippen molar-refractivity contribution in [3.8, 4) is 0 Å². The Kier molecular flexibility index (Phi) is 5.67. The van der Waals surface area contributed by atoms with Crippen molar-refractivity contribution in [1.82, 2.24) is 14.5 Å². The quantitative estimate of drug-likeness (QED) is 0.436. The molecule has 11 nitrogen and oxygen atoms in total. The fourth-order valence-corrected chi connectivity index (χ4v) is 4.43. The van der Waals surface area contributed by atoms with E-state index >= 15 is 0 Å². The van der Waals surface area contributed by atoms with Crippen LogP contribution in [0.2, 0.25) is 0 Å². The van der Waals surface area contributed by atoms with Gasteiger partial charge in [0.25, 0.3) is 10.7 Å². The van der Waals surface area contributed by atoms with Gasteiger partial charge in [-0.05, 0) is 12.2 Å². The van der Waals surface area contributed by atoms with Gasteiger partial charge < -0.3 is 24.6 Å². The van der Waals surface area contributed by atoms with Crippen LogP contribution in [0.15, 0.2) is 21.9 Å². The average molecular weight is 421 g/mol. The van der Waals surface area contributed by atoms with Gasteiger partial charge >= 0.3 is 5.69 Å². The van der Waals surface area contributed by atoms with E-state index in [4.69, 9.17) is 21.7 Å². The molecule has 2 aliphatic heterocycles. The third-order valence-corrected chi connectivity index (χ3v) is 6.42. The van der Waals surface area contributed by atoms with Gasteiger partial charge in [0.2, 0.25) is 0 Å². The zero-order valence-corrected chi connectivity index (χ0v) is 15.7. The van der Waals surface area contributed by atoms with Crippen molar-refractivity contribution in [2.24, 2.45) is 0 Å². The molecule has 0 saturated carbocycles. The Morgan fingerprint density at radius 2 is 2.04 bits per heavy atom. The van der Waals surface area contributed by atoms with E-state index in [-0.39, 0.29) is 29.8 Å². The first-order valence-corrected chi connectivity index (χ1v) is 10.4. The molecule has 3 rings (SSSR count). The summed E-state index contributed by atoms with van der Waals surface area (Å²) < 4.78 is 35.2. The molecule has 13 heteroatoms. The predicted octanol–water partition coefficient (Wildman–Crippen LogP) is -2.81. The van der Waals surface area contributed by atoms with Crippen LogP contribution >= 0.6 is 12.2 Å². The molecule has 150 valence electrons. The van der Waals surface area contributed by atoms with Crippen molar-refractivity contribution in [3.05, 3.63) is 33.1 Å². The minimum atomic E-state index is -3.11. The lowest BCUT2D eigenvalue weighted by Gasteiger charge is -2.31. The Labute approximate surface area is 159 Å². The first kappa shape index (κ1) is 19.9. The predicted molar refractivity (Wildman–Crippen MR) is 96.0 cm³/mol. The number of aromatic amines is 1. The van der Waals surface area contributed by atoms with Crippen molar-refractivity contribution in [1.29, 1.82) is 0 Å². The topological polar surface area (TPSA) is 151 Å². The van der Waals surface area contributed by atoms with Gasteiger partial charge in [-0.1, -0.05) is 0 Å². The maximum Gasteiger partial charge on any atom is 0.330 e. The molecule has 0 spiro atoms. The largest absolute Gasteiger partial charge is 0.460 e. The lowest BCUT2D eigenvalue weighted by molar-refractivity contribution is -0.0543. The minimum absolute atomic E-state index is 0.0430. The molecule has 1 unspecified atom stereocenters. The number of hydrogen-bond donors (Lipinski definition) is 3. The Morgan fingerprint density at radius 3 is 2.63 bits per heavy atom. The second kappa shape index (κ2) is 7.67. The molecular weight excluding hydrogens is 402 g/mol. The van der Waals surface area contributed by atoms with E-state index in [9.17, 15) is 28.2 Å². The highest BCUT2D eigenvalue weighted by Crippen LogP contribution is 2.31. The molecule has 0 aliphatic carbocycles. The maximum absolute atomic E-state index is 12.1. The van der Waals surface area contributed by atoms with E-state index < -0.39 is 52.2 Å². The minimum Gasteiger partial charge on any atom is -0.460 e. The fraction of sp³-hybridized carbons (Fsp3) is 0.643. The SMILES string of the molecule is O=c1ccn([C@@H]2O[C@H](CO)C(O)[C@@H]2OC(=S)N2CCS(=O)(=O)CC2)c(=O)[nH]1. The summed E-state index contributed by atoms with van der Waals surface area (Å²) in [5.41, 5.74) is -1.38. The number of ether oxygens (including phenoxy) is 2. The lowest BCUT2D eigenvalue weighted by atomic mass is 10.1. The number of aliphatic hydroxyl groups excluding tert-OH is 2. The zero-order valence-electron chi connectivity index (χ0n) is 14.1. The summed E-state index contributed by atoms with van der Waals surface area (Å²) in [7, 11) is -3.11. The molecule has 2 saturated heterocycles. The van der Waals surface area contributed by atoms with E-state index in [2.05, 4.69) is 4.98 Å². The smallest absolute Gasteiger partial charge is 0.330 e. The Balaban J connectivity index is 1.81. The van der Waals surface area contributed by atoms with Gasteiger partial charge in [0, 0.05) is 25.4 Å². The molecule has 0 radical (unpaired) electrons. The Hall–Kier alpha value is -1.80. The number of nitrogens with zero attached hydrogens (tertiary/aromatic N) is 2. The van der Waals surface area contributed by atoms with Crippen LogP contribution in [0.25, 0.3) is 0 Å². The van der Waals surface area contributed by atoms with E-state index in [1.807, 2.05) is 0 Å². The van der Waals surface area contributed by atoms with Gasteiger partial charge in [-0.15, -0.1) is 0 Å². The first-order valence-electron chi connectivity index (χ1n) is 8.14. The van der Waals surface area contributed by atoms with Crippen LogP contribution in [0.1, 0.15) is 6.23 Å². The third kappa shape index (κ3) is 4.21. The van der Waals surface area contributed by atoms with Gasteiger partial charge in [0.05, 0.1) is 18.1 Å². The summed E-state index contributed by atoms with van der Waals surface area (Å²) in [5, 5.41) is 19.7. The molecule has 0 amide bonds. The number of rotatable bonds is 3. The Morgan fingerprint density at radius 1 is 1.37 bits per heavy atom. The van der Waals surface area contributed by atoms with E-state index in [0.29, 0.717) is 0 Å². The van der Waals surface area contributed by atoms with Crippen LogP contribution in [-0.2, 0) is 19.3 Å². The van der Waals surface area contributed by atoms with Crippen LogP contribution in [-0.4, -0.2) is 87.8 Å². The van der Waals surface area contributed by atoms with Gasteiger partial charge in [-0.3, -0.25) is 14.3 Å². The lowest BCUT2D eigenvalue weighted by Crippen LogP contribution is -2.47. The number of thiocarbonyl (C=S) groups is 1. The second-order valence-corrected chi connectivity index (χ2v) is 8.90. The summed E-state index contributed by atoms with van der Waals surface area (Å²) in [6, 6.07) is 1.11. The van der Waals surface area contributed by atoms with Crippen LogP contribution in [0, 0.1) is 0 Å². The van der Waals surface area contributed by atoms with Crippen molar-refractivity contribution in [2.45, 2.75) is 24.5 Å². The van der Waals surface area contributed by atoms with E-state index in [1.165, 1.54) is 6.20 Å². The molecule has 0 aromatic carbocycles. The van der Waals surface area contributed by atoms with Crippen molar-refractivity contribution in [2.75, 3.05) is 31.2 Å². The zero-order chi connectivity index (χ0) is 19.8. The molecule has 2 fully saturated rings. The highest BCUT2D eigenvalue weighted by atomic mass is 32.2. The fourth-order valence-electron chi connectivity index (χ4n) is 2.93. The molecular formula is C14H19N3O8S2. The molecule has 3 N–H and O–H groups in total. The number of aliphatic hydroxyl groups is 2. The van der Waals surface area contributed by atoms with Crippen LogP contribution in [0.5, 0.6) is 0 Å². The molecule has 2 aliphatic rings. The molecule has 4 atom stereocenters. The summed E-state index contributed by atoms with van der Waals surface area (Å²) in [6.45, 7) is -0.223. The molecule has 1 aromatic heterocycles. The van der Waals surface area contributed by atoms with E-state index in [0.717, 1.165) is 10.6 Å². The number of nitrogens with one attached hydrogen (secondary N) is 1. The maximum atomic E-state index is 12.1. The van der Waals surface area contributed by atoms with Gasteiger partial charge in [0.1, 0.15) is 12.2 Å². The van der Waals surface area contributed by atoms with Gasteiger partial charge in [-0.2, -0.15) is 0 Å². The standard InChI is InChI=1S/C14H19N3O8S2/c18-7-8-10(20)11(12(24-8)17-2-1-9(19)15-13(17)21)25-14(26)16-3-5-27(22,23)6-4-16/h1-2,8,10-12,18,20H,3-7H2,(H,15,19,21)/t8-,10?,11+,12-/m1/s1. The summed E-state index contributed by atoms with van der Waals surface area (Å²) in [4.78, 5) is 26.9. The van der Waals surface area contributed by atoms with Crippen LogP contribution in [0.4, 0.5) is 0 Å². The number of aromatic nitrogens is 2. The highest BCUT2D eigenvalue weighted by Gasteiger charge is 2.47.